The van der Waals surface area contributed by atoms with Crippen LogP contribution in [0, 0.1) is 18.6 Å². The summed E-state index contributed by atoms with van der Waals surface area (Å²) in [6, 6.07) is 9.60. The zero-order chi connectivity index (χ0) is 54.6. The van der Waals surface area contributed by atoms with Crippen molar-refractivity contribution in [2.75, 3.05) is 18.5 Å². The van der Waals surface area contributed by atoms with E-state index < -0.39 is 120 Å². The third-order valence-electron chi connectivity index (χ3n) is 13.4. The van der Waals surface area contributed by atoms with Gasteiger partial charge in [0.15, 0.2) is 5.82 Å². The first-order chi connectivity index (χ1) is 36.7. The molecule has 0 bridgehead atoms. The number of hydrogen-bond acceptors (Lipinski definition) is 15. The number of nitrogens with zero attached hydrogens (tertiary/aromatic N) is 8. The largest absolute Gasteiger partial charge is 0.489 e. The smallest absolute Gasteiger partial charge is 0.418 e. The van der Waals surface area contributed by atoms with E-state index in [-0.39, 0.29) is 58.9 Å². The molecular weight excluding hydrogens is 1070 g/mol. The molecule has 5 N–H and O–H groups in total. The zero-order valence-electron chi connectivity index (χ0n) is 39.9. The van der Waals surface area contributed by atoms with Crippen LogP contribution >= 0.6 is 23.2 Å². The molecule has 1 saturated carbocycles. The van der Waals surface area contributed by atoms with E-state index in [1.54, 1.807) is 24.3 Å². The van der Waals surface area contributed by atoms with Crippen LogP contribution in [0.4, 0.5) is 27.6 Å². The standard InChI is InChI=1S/C49H42Cl2F5N11O10/c1-21-58-45(67(63-21)36-13-24(50)2-6-30(36)49(54,55)56)44-43(41(42(71)37(19-68)77-44)66-18-34(62-64-66)22-11-31(52)40(51)32(53)12-22)75-20-39(70)59-26-14-28(15-26)76-27-4-7-33(57-16-27)46(72)60-25-3-5-29-23(10-25)17-65(48(29)74)35-8-9-38(69)61-47(35)73/h2-7,10-13,16,18,26,28,35,37,41-44,68,71H,8-9,14-15,17,19-20H2,1H3,(H,59,70)(H,60,72)(H,61,69,73)/t26?,28?,35?,37-,41+,42+,43-,44-/m1/s1. The van der Waals surface area contributed by atoms with Crippen molar-refractivity contribution in [2.45, 2.75) is 94.0 Å². The number of pyridine rings is 1. The second kappa shape index (κ2) is 21.1. The summed E-state index contributed by atoms with van der Waals surface area (Å²) in [5, 5.41) is 41.5. The van der Waals surface area contributed by atoms with Gasteiger partial charge in [0.25, 0.3) is 11.8 Å². The summed E-state index contributed by atoms with van der Waals surface area (Å²) in [5.74, 6) is -4.78. The number of aromatic nitrogens is 7. The highest BCUT2D eigenvalue weighted by atomic mass is 35.5. The number of aliphatic hydroxyl groups is 2. The number of benzene rings is 3. The number of hydrogen-bond donors (Lipinski definition) is 5. The topological polar surface area (TPSA) is 267 Å². The third kappa shape index (κ3) is 10.8. The van der Waals surface area contributed by atoms with Gasteiger partial charge in [-0.1, -0.05) is 28.4 Å². The van der Waals surface area contributed by atoms with Crippen LogP contribution in [0.15, 0.2) is 73.1 Å². The van der Waals surface area contributed by atoms with Gasteiger partial charge in [0.2, 0.25) is 17.7 Å². The number of rotatable bonds is 14. The minimum absolute atomic E-state index is 0.0414. The highest BCUT2D eigenvalue weighted by Gasteiger charge is 2.51. The molecule has 0 spiro atoms. The molecule has 3 aromatic heterocycles. The van der Waals surface area contributed by atoms with Crippen LogP contribution in [-0.2, 0) is 36.6 Å². The lowest BCUT2D eigenvalue weighted by Gasteiger charge is -2.43. The molecule has 3 aliphatic heterocycles. The minimum atomic E-state index is -4.92. The number of aliphatic hydroxyl groups excluding tert-OH is 2. The van der Waals surface area contributed by atoms with E-state index in [1.807, 2.05) is 0 Å². The van der Waals surface area contributed by atoms with Crippen molar-refractivity contribution in [3.05, 3.63) is 129 Å². The van der Waals surface area contributed by atoms with Crippen LogP contribution in [0.2, 0.25) is 10.0 Å². The summed E-state index contributed by atoms with van der Waals surface area (Å²) in [4.78, 5) is 73.9. The summed E-state index contributed by atoms with van der Waals surface area (Å²) in [5.41, 5.74) is -0.543. The van der Waals surface area contributed by atoms with Crippen LogP contribution in [0.3, 0.4) is 0 Å². The second-order valence-corrected chi connectivity index (χ2v) is 19.4. The number of ether oxygens (including phenoxy) is 3. The number of fused-ring (bicyclic) bond motifs is 1. The molecule has 402 valence electrons. The van der Waals surface area contributed by atoms with Crippen molar-refractivity contribution < 1.29 is 70.3 Å². The number of imide groups is 1. The molecule has 2 saturated heterocycles. The first-order valence-electron chi connectivity index (χ1n) is 23.7. The average molecular weight is 1110 g/mol. The molecule has 6 heterocycles. The lowest BCUT2D eigenvalue weighted by atomic mass is 9.89. The number of amides is 5. The number of anilines is 1. The van der Waals surface area contributed by atoms with Gasteiger partial charge in [0, 0.05) is 53.7 Å². The zero-order valence-corrected chi connectivity index (χ0v) is 41.4. The summed E-state index contributed by atoms with van der Waals surface area (Å²) < 4.78 is 92.8. The molecule has 21 nitrogen and oxygen atoms in total. The Morgan fingerprint density at radius 1 is 1.01 bits per heavy atom. The molecule has 3 aromatic carbocycles. The van der Waals surface area contributed by atoms with E-state index >= 15 is 0 Å². The Kier molecular flexibility index (Phi) is 14.5. The Labute approximate surface area is 441 Å². The van der Waals surface area contributed by atoms with Crippen molar-refractivity contribution in [3.63, 3.8) is 0 Å². The van der Waals surface area contributed by atoms with Crippen LogP contribution in [-0.4, -0.2) is 129 Å². The molecule has 5 amide bonds. The van der Waals surface area contributed by atoms with Crippen molar-refractivity contribution in [3.8, 4) is 22.7 Å². The first-order valence-corrected chi connectivity index (χ1v) is 24.4. The van der Waals surface area contributed by atoms with Gasteiger partial charge < -0.3 is 40.0 Å². The van der Waals surface area contributed by atoms with Gasteiger partial charge in [-0.05, 0) is 79.6 Å². The molecule has 28 heteroatoms. The average Bonchev–Trinajstić information content (AvgIpc) is 4.18. The van der Waals surface area contributed by atoms with E-state index in [0.29, 0.717) is 35.4 Å². The first kappa shape index (κ1) is 52.9. The van der Waals surface area contributed by atoms with Crippen LogP contribution in [0.25, 0.3) is 16.9 Å². The molecule has 6 aromatic rings. The molecular formula is C49H42Cl2F5N11O10. The Morgan fingerprint density at radius 2 is 1.78 bits per heavy atom. The molecule has 1 unspecified atom stereocenters. The molecule has 3 fully saturated rings. The van der Waals surface area contributed by atoms with Gasteiger partial charge in [-0.15, -0.1) is 5.10 Å². The second-order valence-electron chi connectivity index (χ2n) is 18.5. The Balaban J connectivity index is 0.806. The van der Waals surface area contributed by atoms with Crippen LogP contribution in [0.1, 0.15) is 81.5 Å². The summed E-state index contributed by atoms with van der Waals surface area (Å²) >= 11 is 11.9. The van der Waals surface area contributed by atoms with E-state index in [1.165, 1.54) is 30.3 Å². The predicted molar refractivity (Wildman–Crippen MR) is 256 cm³/mol. The highest BCUT2D eigenvalue weighted by Crippen LogP contribution is 2.43. The maximum Gasteiger partial charge on any atom is 0.418 e. The number of carbonyl (C=O) groups excluding carboxylic acids is 5. The summed E-state index contributed by atoms with van der Waals surface area (Å²) in [7, 11) is 0. The minimum Gasteiger partial charge on any atom is -0.489 e. The number of nitrogens with one attached hydrogen (secondary N) is 3. The molecule has 10 rings (SSSR count). The van der Waals surface area contributed by atoms with Crippen molar-refractivity contribution in [1.82, 2.24) is 50.3 Å². The maximum atomic E-state index is 14.5. The Bertz CT molecular complexity index is 3300. The fourth-order valence-corrected chi connectivity index (χ4v) is 9.88. The number of aryl methyl sites for hydroxylation is 1. The summed E-state index contributed by atoms with van der Waals surface area (Å²) in [6.45, 7) is -0.0902. The fourth-order valence-electron chi connectivity index (χ4n) is 9.61. The van der Waals surface area contributed by atoms with Gasteiger partial charge in [0.1, 0.15) is 88.8 Å². The SMILES string of the molecule is Cc1nc([C@@H]2O[C@H](CO)[C@H](O)[C@H](n3cc(-c4cc(F)c(Cl)c(F)c4)nn3)[C@H]2OCC(=O)NC2CC(Oc3ccc(C(=O)Nc4ccc5c(c4)CN(C4CCC(=O)NC4=O)C5=O)nc3)C2)n(-c2cc(Cl)ccc2C(F)(F)F)n1. The molecule has 6 atom stereocenters. The van der Waals surface area contributed by atoms with Gasteiger partial charge in [-0.3, -0.25) is 29.3 Å². The van der Waals surface area contributed by atoms with Crippen LogP contribution < -0.4 is 20.7 Å². The van der Waals surface area contributed by atoms with E-state index in [9.17, 15) is 56.1 Å². The normalized spacial score (nSPS) is 23.3. The lowest BCUT2D eigenvalue weighted by Crippen LogP contribution is -2.55. The van der Waals surface area contributed by atoms with Gasteiger partial charge in [-0.2, -0.15) is 18.3 Å². The van der Waals surface area contributed by atoms with E-state index in [4.69, 9.17) is 37.4 Å². The van der Waals surface area contributed by atoms with Crippen molar-refractivity contribution in [2.24, 2.45) is 0 Å². The van der Waals surface area contributed by atoms with Gasteiger partial charge >= 0.3 is 6.18 Å². The molecule has 0 radical (unpaired) electrons. The van der Waals surface area contributed by atoms with Crippen molar-refractivity contribution >= 4 is 58.4 Å². The van der Waals surface area contributed by atoms with Gasteiger partial charge in [-0.25, -0.2) is 28.1 Å². The maximum absolute atomic E-state index is 14.5. The third-order valence-corrected chi connectivity index (χ3v) is 14.0. The number of alkyl halides is 3. The Hall–Kier alpha value is -7.49. The quantitative estimate of drug-likeness (QED) is 0.0546. The van der Waals surface area contributed by atoms with E-state index in [2.05, 4.69) is 41.3 Å². The number of halogens is 7. The van der Waals surface area contributed by atoms with Crippen LogP contribution in [0.5, 0.6) is 5.75 Å². The Morgan fingerprint density at radius 3 is 2.48 bits per heavy atom. The highest BCUT2D eigenvalue weighted by molar-refractivity contribution is 6.31. The monoisotopic (exact) mass is 1110 g/mol. The van der Waals surface area contributed by atoms with E-state index in [0.717, 1.165) is 39.7 Å². The summed E-state index contributed by atoms with van der Waals surface area (Å²) in [6.07, 6.45) is -8.24. The fraction of sp³-hybridized carbons (Fsp3) is 0.347. The molecule has 77 heavy (non-hydrogen) atoms. The number of piperidine rings is 1. The van der Waals surface area contributed by atoms with Crippen molar-refractivity contribution in [1.29, 1.82) is 0 Å². The predicted octanol–water partition coefficient (Wildman–Crippen LogP) is 4.99. The number of carbonyl (C=O) groups is 5. The van der Waals surface area contributed by atoms with Gasteiger partial charge in [0.05, 0.1) is 30.3 Å². The lowest BCUT2D eigenvalue weighted by molar-refractivity contribution is -0.223. The molecule has 1 aliphatic carbocycles. The molecule has 4 aliphatic rings.